The van der Waals surface area contributed by atoms with Crippen molar-refractivity contribution in [2.24, 2.45) is 0 Å². The van der Waals surface area contributed by atoms with Crippen LogP contribution in [0.5, 0.6) is 0 Å². The summed E-state index contributed by atoms with van der Waals surface area (Å²) in [6.45, 7) is 2.56. The molecule has 1 nitrogen and oxygen atoms in total. The van der Waals surface area contributed by atoms with Gasteiger partial charge in [0, 0.05) is 6.61 Å². The van der Waals surface area contributed by atoms with Gasteiger partial charge in [0.1, 0.15) is 0 Å². The van der Waals surface area contributed by atoms with E-state index >= 15 is 0 Å². The van der Waals surface area contributed by atoms with E-state index < -0.39 is 0 Å². The Kier molecular flexibility index (Phi) is 16.4. The van der Waals surface area contributed by atoms with Crippen LogP contribution in [0.1, 0.15) is 40.5 Å². The third kappa shape index (κ3) is 12.2. The van der Waals surface area contributed by atoms with E-state index in [0.717, 1.165) is 6.42 Å². The van der Waals surface area contributed by atoms with E-state index in [1.165, 1.54) is 25.7 Å². The van der Waals surface area contributed by atoms with Gasteiger partial charge in [-0.05, 0) is 6.42 Å². The molecule has 0 aliphatic heterocycles. The predicted molar refractivity (Wildman–Crippen MR) is 37.0 cm³/mol. The van der Waals surface area contributed by atoms with Crippen LogP contribution in [-0.2, 0) is 0 Å². The van der Waals surface area contributed by atoms with Crippen molar-refractivity contribution in [3.63, 3.8) is 0 Å². The number of hydrogen-bond acceptors (Lipinski definition) is 1. The summed E-state index contributed by atoms with van der Waals surface area (Å²) in [6.07, 6.45) is 6.08. The second-order valence-corrected chi connectivity index (χ2v) is 2.14. The van der Waals surface area contributed by atoms with Crippen LogP contribution in [0.25, 0.3) is 0 Å². The minimum Gasteiger partial charge on any atom is -1.00 e. The fourth-order valence-electron chi connectivity index (χ4n) is 0.715. The first kappa shape index (κ1) is 12.6. The topological polar surface area (TPSA) is 20.2 Å². The maximum atomic E-state index is 8.37. The first-order chi connectivity index (χ1) is 3.91. The Balaban J connectivity index is -0.000000245. The molecule has 0 aliphatic rings. The molecule has 0 amide bonds. The van der Waals surface area contributed by atoms with E-state index in [0.29, 0.717) is 6.61 Å². The van der Waals surface area contributed by atoms with Gasteiger partial charge in [0.25, 0.3) is 0 Å². The molecule has 0 aromatic heterocycles. The average molecular weight is 140 g/mol. The Morgan fingerprint density at radius 3 is 2.11 bits per heavy atom. The van der Waals surface area contributed by atoms with E-state index in [-0.39, 0.29) is 31.0 Å². The summed E-state index contributed by atoms with van der Waals surface area (Å²) in [5.41, 5.74) is 0. The van der Waals surface area contributed by atoms with E-state index in [2.05, 4.69) is 6.92 Å². The van der Waals surface area contributed by atoms with Crippen LogP contribution in [0.15, 0.2) is 0 Å². The largest absolute Gasteiger partial charge is 1.00 e. The molecule has 0 spiro atoms. The van der Waals surface area contributed by atoms with Crippen molar-refractivity contribution in [3.8, 4) is 0 Å². The number of unbranched alkanes of at least 4 members (excludes halogenated alkanes) is 4. The minimum absolute atomic E-state index is 0. The van der Waals surface area contributed by atoms with Crippen LogP contribution >= 0.6 is 0 Å². The Bertz CT molecular complexity index is 38.6. The second kappa shape index (κ2) is 11.7. The SMILES string of the molecule is CCCCCCCO.[H-].[Na+]. The van der Waals surface area contributed by atoms with Gasteiger partial charge in [0.2, 0.25) is 0 Å². The van der Waals surface area contributed by atoms with Crippen LogP contribution in [0, 0.1) is 0 Å². The first-order valence-corrected chi connectivity index (χ1v) is 3.52. The first-order valence-electron chi connectivity index (χ1n) is 3.52. The van der Waals surface area contributed by atoms with Crippen LogP contribution in [0.3, 0.4) is 0 Å². The molecule has 0 aromatic carbocycles. The average Bonchev–Trinajstić information content (AvgIpc) is 1.81. The summed E-state index contributed by atoms with van der Waals surface area (Å²) in [5.74, 6) is 0. The molecule has 0 atom stereocenters. The van der Waals surface area contributed by atoms with Gasteiger partial charge in [0.15, 0.2) is 0 Å². The number of hydrogen-bond donors (Lipinski definition) is 1. The normalized spacial score (nSPS) is 8.67. The molecule has 0 fully saturated rings. The van der Waals surface area contributed by atoms with E-state index in [1.54, 1.807) is 0 Å². The Morgan fingerprint density at radius 1 is 1.11 bits per heavy atom. The number of rotatable bonds is 5. The zero-order chi connectivity index (χ0) is 6.24. The molecular weight excluding hydrogens is 123 g/mol. The molecule has 52 valence electrons. The summed E-state index contributed by atoms with van der Waals surface area (Å²) in [6, 6.07) is 0. The number of aliphatic hydroxyl groups is 1. The minimum atomic E-state index is 0. The van der Waals surface area contributed by atoms with Gasteiger partial charge in [-0.1, -0.05) is 32.6 Å². The van der Waals surface area contributed by atoms with Crippen LogP contribution < -0.4 is 29.6 Å². The van der Waals surface area contributed by atoms with Crippen LogP contribution in [0.2, 0.25) is 0 Å². The van der Waals surface area contributed by atoms with Gasteiger partial charge in [-0.2, -0.15) is 0 Å². The molecule has 0 unspecified atom stereocenters. The maximum Gasteiger partial charge on any atom is 1.00 e. The van der Waals surface area contributed by atoms with Crippen molar-refractivity contribution < 1.29 is 36.1 Å². The van der Waals surface area contributed by atoms with Crippen molar-refractivity contribution in [2.45, 2.75) is 39.0 Å². The van der Waals surface area contributed by atoms with Crippen molar-refractivity contribution in [2.75, 3.05) is 6.61 Å². The van der Waals surface area contributed by atoms with Gasteiger partial charge < -0.3 is 6.53 Å². The standard InChI is InChI=1S/C7H16O.Na.H/c1-2-3-4-5-6-7-8;;/h8H,2-7H2,1H3;;/q;+1;-1. The molecule has 0 saturated heterocycles. The van der Waals surface area contributed by atoms with Gasteiger partial charge >= 0.3 is 29.6 Å². The van der Waals surface area contributed by atoms with Crippen molar-refractivity contribution >= 4 is 0 Å². The molecule has 0 rings (SSSR count). The van der Waals surface area contributed by atoms with Gasteiger partial charge in [-0.15, -0.1) is 0 Å². The van der Waals surface area contributed by atoms with Gasteiger partial charge in [-0.25, -0.2) is 0 Å². The summed E-state index contributed by atoms with van der Waals surface area (Å²) < 4.78 is 0. The maximum absolute atomic E-state index is 8.37. The zero-order valence-electron chi connectivity index (χ0n) is 7.69. The number of aliphatic hydroxyl groups excluding tert-OH is 1. The molecule has 1 N–H and O–H groups in total. The fraction of sp³-hybridized carbons (Fsp3) is 1.00. The molecule has 0 aromatic rings. The van der Waals surface area contributed by atoms with Crippen molar-refractivity contribution in [3.05, 3.63) is 0 Å². The van der Waals surface area contributed by atoms with Gasteiger partial charge in [-0.3, -0.25) is 0 Å². The quantitative estimate of drug-likeness (QED) is 0.386. The fourth-order valence-corrected chi connectivity index (χ4v) is 0.715. The molecule has 0 radical (unpaired) electrons. The summed E-state index contributed by atoms with van der Waals surface area (Å²) in [4.78, 5) is 0. The molecular formula is C7H17NaO. The van der Waals surface area contributed by atoms with Crippen molar-refractivity contribution in [1.29, 1.82) is 0 Å². The molecule has 2 heteroatoms. The van der Waals surface area contributed by atoms with Crippen molar-refractivity contribution in [1.82, 2.24) is 0 Å². The van der Waals surface area contributed by atoms with E-state index in [1.807, 2.05) is 0 Å². The smallest absolute Gasteiger partial charge is 1.00 e. The molecule has 9 heavy (non-hydrogen) atoms. The molecule has 0 saturated carbocycles. The summed E-state index contributed by atoms with van der Waals surface area (Å²) in [5, 5.41) is 8.37. The third-order valence-corrected chi connectivity index (χ3v) is 1.26. The second-order valence-electron chi connectivity index (χ2n) is 2.14. The molecule has 0 aliphatic carbocycles. The predicted octanol–water partition coefficient (Wildman–Crippen LogP) is -0.934. The molecule has 0 bridgehead atoms. The monoisotopic (exact) mass is 140 g/mol. The van der Waals surface area contributed by atoms with Crippen LogP contribution in [0.4, 0.5) is 0 Å². The Morgan fingerprint density at radius 2 is 1.67 bits per heavy atom. The van der Waals surface area contributed by atoms with Crippen LogP contribution in [-0.4, -0.2) is 11.7 Å². The molecule has 0 heterocycles. The Hall–Kier alpha value is 0.960. The van der Waals surface area contributed by atoms with Gasteiger partial charge in [0.05, 0.1) is 0 Å². The third-order valence-electron chi connectivity index (χ3n) is 1.26. The zero-order valence-corrected chi connectivity index (χ0v) is 8.69. The summed E-state index contributed by atoms with van der Waals surface area (Å²) in [7, 11) is 0. The Labute approximate surface area is 81.6 Å². The van der Waals surface area contributed by atoms with E-state index in [4.69, 9.17) is 5.11 Å². The summed E-state index contributed by atoms with van der Waals surface area (Å²) >= 11 is 0. The van der Waals surface area contributed by atoms with E-state index in [9.17, 15) is 0 Å².